The molecule has 0 aliphatic heterocycles. The SMILES string of the molecule is CCC[Si](N(C)C(=O)C(F)(F)F)(N(C)C(=O)C(F)(F)F)N(C)C(=O)C(F)(F)F. The van der Waals surface area contributed by atoms with Crippen molar-refractivity contribution in [2.24, 2.45) is 0 Å². The molecule has 0 unspecified atom stereocenters. The lowest BCUT2D eigenvalue weighted by atomic mass is 10.6. The number of alkyl halides is 9. The van der Waals surface area contributed by atoms with Crippen molar-refractivity contribution in [2.45, 2.75) is 37.9 Å². The molecule has 6 nitrogen and oxygen atoms in total. The fourth-order valence-corrected chi connectivity index (χ4v) is 6.96. The first-order valence-electron chi connectivity index (χ1n) is 7.31. The van der Waals surface area contributed by atoms with Gasteiger partial charge in [-0.1, -0.05) is 13.3 Å². The molecule has 3 amide bonds. The Bertz CT molecular complexity index is 539. The van der Waals surface area contributed by atoms with E-state index >= 15 is 0 Å². The normalized spacial score (nSPS) is 13.2. The summed E-state index contributed by atoms with van der Waals surface area (Å²) in [5, 5.41) is 0. The van der Waals surface area contributed by atoms with Crippen LogP contribution in [0.4, 0.5) is 39.5 Å². The van der Waals surface area contributed by atoms with Crippen LogP contribution >= 0.6 is 0 Å². The summed E-state index contributed by atoms with van der Waals surface area (Å²) < 4.78 is 114. The van der Waals surface area contributed by atoms with E-state index in [1.54, 1.807) is 0 Å². The molecule has 0 spiro atoms. The molecular formula is C12H16F9N3O3Si. The average molecular weight is 449 g/mol. The summed E-state index contributed by atoms with van der Waals surface area (Å²) in [5.74, 6) is -8.39. The van der Waals surface area contributed by atoms with Gasteiger partial charge in [0.2, 0.25) is 0 Å². The van der Waals surface area contributed by atoms with Gasteiger partial charge in [0, 0.05) is 21.1 Å². The maximum Gasteiger partial charge on any atom is 0.470 e. The average Bonchev–Trinajstić information content (AvgIpc) is 2.53. The molecule has 0 aromatic heterocycles. The fourth-order valence-electron chi connectivity index (χ4n) is 2.57. The molecule has 0 aliphatic rings. The van der Waals surface area contributed by atoms with Crippen LogP contribution in [0.15, 0.2) is 0 Å². The highest BCUT2D eigenvalue weighted by Crippen LogP contribution is 2.33. The Morgan fingerprint density at radius 3 is 1.00 bits per heavy atom. The van der Waals surface area contributed by atoms with Crippen molar-refractivity contribution >= 4 is 26.3 Å². The molecule has 0 aromatic rings. The maximum atomic E-state index is 12.8. The molecule has 0 aliphatic carbocycles. The van der Waals surface area contributed by atoms with Gasteiger partial charge in [0.25, 0.3) is 0 Å². The molecule has 0 aromatic carbocycles. The highest BCUT2D eigenvalue weighted by Gasteiger charge is 2.63. The van der Waals surface area contributed by atoms with Crippen LogP contribution in [-0.2, 0) is 14.4 Å². The van der Waals surface area contributed by atoms with Crippen LogP contribution in [0, 0.1) is 0 Å². The molecule has 0 rings (SSSR count). The van der Waals surface area contributed by atoms with E-state index in [1.165, 1.54) is 6.92 Å². The quantitative estimate of drug-likeness (QED) is 0.479. The van der Waals surface area contributed by atoms with Crippen molar-refractivity contribution in [3.05, 3.63) is 0 Å². The summed E-state index contributed by atoms with van der Waals surface area (Å²) in [7, 11) is -4.42. The lowest BCUT2D eigenvalue weighted by Crippen LogP contribution is -2.78. The van der Waals surface area contributed by atoms with Crippen LogP contribution in [0.1, 0.15) is 13.3 Å². The minimum Gasteiger partial charge on any atom is -0.330 e. The first-order valence-corrected chi connectivity index (χ1v) is 9.36. The Labute approximate surface area is 154 Å². The van der Waals surface area contributed by atoms with Gasteiger partial charge in [0.15, 0.2) is 0 Å². The van der Waals surface area contributed by atoms with E-state index in [-0.39, 0.29) is 6.42 Å². The molecule has 0 fully saturated rings. The first kappa shape index (κ1) is 26.0. The monoisotopic (exact) mass is 449 g/mol. The summed E-state index contributed by atoms with van der Waals surface area (Å²) >= 11 is 0. The van der Waals surface area contributed by atoms with Crippen LogP contribution in [0.5, 0.6) is 0 Å². The Kier molecular flexibility index (Phi) is 7.58. The molecule has 28 heavy (non-hydrogen) atoms. The van der Waals surface area contributed by atoms with E-state index in [4.69, 9.17) is 0 Å². The molecular weight excluding hydrogens is 433 g/mol. The largest absolute Gasteiger partial charge is 0.470 e. The molecule has 0 radical (unpaired) electrons. The second-order valence-electron chi connectivity index (χ2n) is 5.61. The van der Waals surface area contributed by atoms with Gasteiger partial charge in [0.1, 0.15) is 0 Å². The zero-order chi connectivity index (χ0) is 22.9. The van der Waals surface area contributed by atoms with Crippen LogP contribution in [0.3, 0.4) is 0 Å². The summed E-state index contributed by atoms with van der Waals surface area (Å²) in [6, 6.07) is -0.901. The zero-order valence-electron chi connectivity index (χ0n) is 14.9. The second-order valence-corrected chi connectivity index (χ2v) is 9.67. The predicted octanol–water partition coefficient (Wildman–Crippen LogP) is 2.40. The van der Waals surface area contributed by atoms with Crippen LogP contribution < -0.4 is 0 Å². The van der Waals surface area contributed by atoms with E-state index < -0.39 is 64.5 Å². The van der Waals surface area contributed by atoms with E-state index in [9.17, 15) is 53.9 Å². The summed E-state index contributed by atoms with van der Waals surface area (Å²) in [5.41, 5.74) is 0. The molecule has 0 atom stereocenters. The molecule has 0 saturated heterocycles. The Morgan fingerprint density at radius 2 is 0.857 bits per heavy atom. The molecule has 0 bridgehead atoms. The number of rotatable bonds is 5. The maximum absolute atomic E-state index is 12.8. The van der Waals surface area contributed by atoms with Crippen molar-refractivity contribution < 1.29 is 53.9 Å². The van der Waals surface area contributed by atoms with Gasteiger partial charge >= 0.3 is 44.8 Å². The van der Waals surface area contributed by atoms with Crippen LogP contribution in [-0.4, -0.2) is 79.6 Å². The van der Waals surface area contributed by atoms with E-state index in [0.717, 1.165) is 0 Å². The van der Waals surface area contributed by atoms with Gasteiger partial charge in [-0.15, -0.1) is 0 Å². The van der Waals surface area contributed by atoms with Crippen molar-refractivity contribution in [3.8, 4) is 0 Å². The molecule has 16 heteroatoms. The number of hydrogen-bond acceptors (Lipinski definition) is 3. The number of carbonyl (C=O) groups is 3. The van der Waals surface area contributed by atoms with Gasteiger partial charge in [-0.3, -0.25) is 14.4 Å². The number of nitrogens with zero attached hydrogens (tertiary/aromatic N) is 3. The number of carbonyl (C=O) groups excluding carboxylic acids is 3. The molecule has 0 heterocycles. The summed E-state index contributed by atoms with van der Waals surface area (Å²) in [6.45, 7) is 1.19. The van der Waals surface area contributed by atoms with Crippen molar-refractivity contribution in [1.29, 1.82) is 0 Å². The van der Waals surface area contributed by atoms with Gasteiger partial charge in [-0.05, 0) is 6.04 Å². The third-order valence-corrected chi connectivity index (χ3v) is 8.84. The topological polar surface area (TPSA) is 60.9 Å². The van der Waals surface area contributed by atoms with Gasteiger partial charge in [-0.25, -0.2) is 0 Å². The Balaban J connectivity index is 6.80. The summed E-state index contributed by atoms with van der Waals surface area (Å²) in [4.78, 5) is 34.9. The third kappa shape index (κ3) is 5.08. The Hall–Kier alpha value is -2.00. The van der Waals surface area contributed by atoms with Crippen LogP contribution in [0.25, 0.3) is 0 Å². The smallest absolute Gasteiger partial charge is 0.330 e. The molecule has 0 saturated carbocycles. The Morgan fingerprint density at radius 1 is 0.643 bits per heavy atom. The highest BCUT2D eigenvalue weighted by atomic mass is 28.4. The van der Waals surface area contributed by atoms with Gasteiger partial charge in [0.05, 0.1) is 0 Å². The lowest BCUT2D eigenvalue weighted by molar-refractivity contribution is -0.187. The minimum absolute atomic E-state index is 0.304. The zero-order valence-corrected chi connectivity index (χ0v) is 15.9. The minimum atomic E-state index is -5.68. The number of halogens is 9. The lowest BCUT2D eigenvalue weighted by Gasteiger charge is -2.49. The highest BCUT2D eigenvalue weighted by molar-refractivity contribution is 6.77. The van der Waals surface area contributed by atoms with Crippen molar-refractivity contribution in [1.82, 2.24) is 13.7 Å². The van der Waals surface area contributed by atoms with Crippen molar-refractivity contribution in [3.63, 3.8) is 0 Å². The fraction of sp³-hybridized carbons (Fsp3) is 0.750. The molecule has 0 N–H and O–H groups in total. The second kappa shape index (κ2) is 8.16. The number of amides is 3. The molecule has 164 valence electrons. The third-order valence-electron chi connectivity index (χ3n) is 3.84. The van der Waals surface area contributed by atoms with E-state index in [1.807, 2.05) is 0 Å². The standard InChI is InChI=1S/C12H16F9N3O3Si/c1-5-6-28(22(2)7(25)10(13,14)15,23(3)8(26)11(16,17)18)24(4)9(27)12(19,20)21/h5-6H2,1-4H3. The predicted molar refractivity (Wildman–Crippen MR) is 77.3 cm³/mol. The van der Waals surface area contributed by atoms with Crippen LogP contribution in [0.2, 0.25) is 6.04 Å². The number of hydrogen-bond donors (Lipinski definition) is 0. The van der Waals surface area contributed by atoms with Gasteiger partial charge in [-0.2, -0.15) is 39.5 Å². The van der Waals surface area contributed by atoms with Gasteiger partial charge < -0.3 is 13.7 Å². The van der Waals surface area contributed by atoms with Crippen molar-refractivity contribution in [2.75, 3.05) is 21.1 Å². The van der Waals surface area contributed by atoms with E-state index in [2.05, 4.69) is 0 Å². The van der Waals surface area contributed by atoms with E-state index in [0.29, 0.717) is 21.1 Å². The first-order chi connectivity index (χ1) is 12.3. The summed E-state index contributed by atoms with van der Waals surface area (Å²) in [6.07, 6.45) is -17.4.